The maximum absolute atomic E-state index is 11.5. The molecule has 0 aliphatic rings. The van der Waals surface area contributed by atoms with Gasteiger partial charge in [0.15, 0.2) is 17.0 Å². The third-order valence-electron chi connectivity index (χ3n) is 4.12. The van der Waals surface area contributed by atoms with Crippen molar-refractivity contribution in [3.8, 4) is 6.01 Å². The maximum atomic E-state index is 11.5. The second-order valence-corrected chi connectivity index (χ2v) is 7.53. The van der Waals surface area contributed by atoms with Gasteiger partial charge in [0.1, 0.15) is 5.82 Å². The van der Waals surface area contributed by atoms with Crippen LogP contribution in [0.3, 0.4) is 0 Å². The van der Waals surface area contributed by atoms with Gasteiger partial charge in [-0.15, -0.1) is 0 Å². The highest BCUT2D eigenvalue weighted by atomic mass is 32.2. The number of aromatic hydroxyl groups is 1. The van der Waals surface area contributed by atoms with E-state index < -0.39 is 10.3 Å². The SMILES string of the molecule is CCOC(=O)CCCc1nc(NS(=O)(=O)O)c2nc(O)n(Cc3ccccc3)c2n1. The van der Waals surface area contributed by atoms with Crippen molar-refractivity contribution >= 4 is 33.3 Å². The number of esters is 1. The van der Waals surface area contributed by atoms with Crippen LogP contribution in [-0.4, -0.2) is 50.2 Å². The van der Waals surface area contributed by atoms with Gasteiger partial charge in [-0.3, -0.25) is 13.9 Å². The minimum absolute atomic E-state index is 0.0183. The van der Waals surface area contributed by atoms with Crippen LogP contribution in [0.1, 0.15) is 31.2 Å². The minimum atomic E-state index is -4.63. The van der Waals surface area contributed by atoms with Gasteiger partial charge in [-0.05, 0) is 18.9 Å². The van der Waals surface area contributed by atoms with Gasteiger partial charge < -0.3 is 9.84 Å². The highest BCUT2D eigenvalue weighted by Crippen LogP contribution is 2.26. The van der Waals surface area contributed by atoms with E-state index in [2.05, 4.69) is 15.0 Å². The number of aromatic nitrogens is 4. The molecule has 0 radical (unpaired) electrons. The van der Waals surface area contributed by atoms with Crippen molar-refractivity contribution in [2.75, 3.05) is 11.3 Å². The molecule has 11 nitrogen and oxygen atoms in total. The summed E-state index contributed by atoms with van der Waals surface area (Å²) in [5.41, 5.74) is 1.03. The molecule has 2 aromatic heterocycles. The first-order chi connectivity index (χ1) is 14.3. The van der Waals surface area contributed by atoms with Crippen LogP contribution in [0.5, 0.6) is 6.01 Å². The summed E-state index contributed by atoms with van der Waals surface area (Å²) in [5, 5.41) is 10.3. The summed E-state index contributed by atoms with van der Waals surface area (Å²) in [6, 6.07) is 8.85. The van der Waals surface area contributed by atoms with Crippen molar-refractivity contribution in [3.05, 3.63) is 41.7 Å². The molecule has 0 aliphatic heterocycles. The molecule has 12 heteroatoms. The van der Waals surface area contributed by atoms with Crippen molar-refractivity contribution in [2.45, 2.75) is 32.7 Å². The molecule has 30 heavy (non-hydrogen) atoms. The van der Waals surface area contributed by atoms with E-state index in [1.54, 1.807) is 6.92 Å². The van der Waals surface area contributed by atoms with E-state index in [4.69, 9.17) is 4.74 Å². The van der Waals surface area contributed by atoms with Crippen LogP contribution >= 0.6 is 0 Å². The number of carbonyl (C=O) groups excluding carboxylic acids is 1. The Bertz CT molecular complexity index is 1150. The zero-order chi connectivity index (χ0) is 21.7. The predicted octanol–water partition coefficient (Wildman–Crippen LogP) is 1.68. The first-order valence-electron chi connectivity index (χ1n) is 9.17. The normalized spacial score (nSPS) is 11.5. The van der Waals surface area contributed by atoms with Gasteiger partial charge >= 0.3 is 16.3 Å². The number of nitrogens with zero attached hydrogens (tertiary/aromatic N) is 4. The Kier molecular flexibility index (Phi) is 6.47. The fourth-order valence-corrected chi connectivity index (χ4v) is 3.26. The number of fused-ring (bicyclic) bond motifs is 1. The number of anilines is 1. The molecular weight excluding hydrogens is 414 g/mol. The lowest BCUT2D eigenvalue weighted by Gasteiger charge is -2.08. The first kappa shape index (κ1) is 21.5. The lowest BCUT2D eigenvalue weighted by molar-refractivity contribution is -0.143. The Hall–Kier alpha value is -3.25. The molecule has 0 aliphatic carbocycles. The van der Waals surface area contributed by atoms with Gasteiger partial charge in [-0.25, -0.2) is 14.7 Å². The molecule has 0 spiro atoms. The van der Waals surface area contributed by atoms with Crippen molar-refractivity contribution in [1.29, 1.82) is 0 Å². The molecule has 0 bridgehead atoms. The van der Waals surface area contributed by atoms with E-state index in [-0.39, 0.29) is 60.8 Å². The van der Waals surface area contributed by atoms with Crippen LogP contribution < -0.4 is 4.72 Å². The quantitative estimate of drug-likeness (QED) is 0.336. The van der Waals surface area contributed by atoms with Gasteiger partial charge in [0.2, 0.25) is 0 Å². The Labute approximate surface area is 172 Å². The van der Waals surface area contributed by atoms with E-state index in [1.807, 2.05) is 35.1 Å². The Morgan fingerprint density at radius 3 is 2.60 bits per heavy atom. The smallest absolute Gasteiger partial charge is 0.358 e. The highest BCUT2D eigenvalue weighted by molar-refractivity contribution is 7.87. The molecule has 3 aromatic rings. The maximum Gasteiger partial charge on any atom is 0.358 e. The Morgan fingerprint density at radius 1 is 1.20 bits per heavy atom. The van der Waals surface area contributed by atoms with Crippen LogP contribution in [-0.2, 0) is 32.8 Å². The first-order valence-corrected chi connectivity index (χ1v) is 10.6. The second kappa shape index (κ2) is 9.05. The summed E-state index contributed by atoms with van der Waals surface area (Å²) in [7, 11) is -4.63. The highest BCUT2D eigenvalue weighted by Gasteiger charge is 2.20. The van der Waals surface area contributed by atoms with E-state index in [0.29, 0.717) is 6.42 Å². The van der Waals surface area contributed by atoms with Crippen LogP contribution in [0.25, 0.3) is 11.2 Å². The summed E-state index contributed by atoms with van der Waals surface area (Å²) >= 11 is 0. The topological polar surface area (TPSA) is 157 Å². The number of aryl methyl sites for hydroxylation is 1. The number of imidazole rings is 1. The monoisotopic (exact) mass is 435 g/mol. The summed E-state index contributed by atoms with van der Waals surface area (Å²) in [4.78, 5) is 24.0. The van der Waals surface area contributed by atoms with Gasteiger partial charge in [0.05, 0.1) is 13.2 Å². The van der Waals surface area contributed by atoms with Gasteiger partial charge in [-0.2, -0.15) is 13.4 Å². The van der Waals surface area contributed by atoms with E-state index in [0.717, 1.165) is 5.56 Å². The molecule has 0 saturated carbocycles. The lowest BCUT2D eigenvalue weighted by Crippen LogP contribution is -2.14. The van der Waals surface area contributed by atoms with E-state index in [9.17, 15) is 22.9 Å². The van der Waals surface area contributed by atoms with Gasteiger partial charge in [0.25, 0.3) is 6.01 Å². The molecule has 0 unspecified atom stereocenters. The molecule has 0 atom stereocenters. The molecule has 0 amide bonds. The number of nitrogens with one attached hydrogen (secondary N) is 1. The second-order valence-electron chi connectivity index (χ2n) is 6.38. The molecule has 160 valence electrons. The number of ether oxygens (including phenoxy) is 1. The molecule has 0 fully saturated rings. The lowest BCUT2D eigenvalue weighted by atomic mass is 10.2. The molecule has 0 saturated heterocycles. The Balaban J connectivity index is 1.98. The van der Waals surface area contributed by atoms with E-state index >= 15 is 0 Å². The average Bonchev–Trinajstić information content (AvgIpc) is 2.98. The molecule has 2 heterocycles. The average molecular weight is 435 g/mol. The minimum Gasteiger partial charge on any atom is -0.480 e. The third-order valence-corrected chi connectivity index (χ3v) is 4.57. The predicted molar refractivity (Wildman–Crippen MR) is 107 cm³/mol. The summed E-state index contributed by atoms with van der Waals surface area (Å²) in [6.07, 6.45) is 0.755. The summed E-state index contributed by atoms with van der Waals surface area (Å²) < 4.78 is 40.0. The molecule has 3 rings (SSSR count). The van der Waals surface area contributed by atoms with Gasteiger partial charge in [-0.1, -0.05) is 30.3 Å². The Morgan fingerprint density at radius 2 is 1.93 bits per heavy atom. The zero-order valence-electron chi connectivity index (χ0n) is 16.1. The zero-order valence-corrected chi connectivity index (χ0v) is 17.0. The van der Waals surface area contributed by atoms with Crippen molar-refractivity contribution in [2.24, 2.45) is 0 Å². The largest absolute Gasteiger partial charge is 0.480 e. The van der Waals surface area contributed by atoms with Crippen LogP contribution in [0.15, 0.2) is 30.3 Å². The fraction of sp³-hybridized carbons (Fsp3) is 0.333. The number of carbonyl (C=O) groups is 1. The number of benzene rings is 1. The summed E-state index contributed by atoms with van der Waals surface area (Å²) in [6.45, 7) is 2.22. The number of rotatable bonds is 9. The number of hydrogen-bond donors (Lipinski definition) is 3. The third kappa shape index (κ3) is 5.42. The fourth-order valence-electron chi connectivity index (χ4n) is 2.88. The van der Waals surface area contributed by atoms with Crippen molar-refractivity contribution < 1.29 is 27.6 Å². The van der Waals surface area contributed by atoms with Crippen molar-refractivity contribution in [1.82, 2.24) is 19.5 Å². The van der Waals surface area contributed by atoms with E-state index in [1.165, 1.54) is 4.57 Å². The molecular formula is C18H21N5O6S. The van der Waals surface area contributed by atoms with Crippen LogP contribution in [0, 0.1) is 0 Å². The number of hydrogen-bond acceptors (Lipinski definition) is 8. The summed E-state index contributed by atoms with van der Waals surface area (Å²) in [5.74, 6) is -0.412. The standard InChI is InChI=1S/C18H21N5O6S/c1-2-29-14(24)10-6-9-13-19-16(22-30(26,27)28)15-17(20-13)23(18(25)21-15)11-12-7-4-3-5-8-12/h3-5,7-8H,2,6,9-11H2,1H3,(H,21,25)(H,19,20,22)(H,26,27,28). The van der Waals surface area contributed by atoms with Crippen LogP contribution in [0.4, 0.5) is 5.82 Å². The van der Waals surface area contributed by atoms with Crippen molar-refractivity contribution in [3.63, 3.8) is 0 Å². The van der Waals surface area contributed by atoms with Crippen LogP contribution in [0.2, 0.25) is 0 Å². The molecule has 1 aromatic carbocycles. The van der Waals surface area contributed by atoms with Gasteiger partial charge in [0, 0.05) is 12.8 Å². The molecule has 3 N–H and O–H groups in total.